The molecule has 26 heavy (non-hydrogen) atoms. The van der Waals surface area contributed by atoms with Gasteiger partial charge in [0.05, 0.1) is 0 Å². The Hall–Kier alpha value is -1.58. The van der Waals surface area contributed by atoms with Crippen LogP contribution in [0.5, 0.6) is 0 Å². The first-order chi connectivity index (χ1) is 12.2. The van der Waals surface area contributed by atoms with Crippen LogP contribution in [0.25, 0.3) is 10.8 Å². The molecule has 2 fully saturated rings. The second kappa shape index (κ2) is 8.41. The fourth-order valence-corrected chi connectivity index (χ4v) is 4.63. The van der Waals surface area contributed by atoms with Crippen molar-refractivity contribution >= 4 is 29.1 Å². The van der Waals surface area contributed by atoms with E-state index >= 15 is 0 Å². The number of hydrogen-bond donors (Lipinski definition) is 0. The summed E-state index contributed by atoms with van der Waals surface area (Å²) in [6.45, 7) is 2.18. The van der Waals surface area contributed by atoms with Crippen LogP contribution in [-0.4, -0.2) is 47.9 Å². The molecule has 140 valence electrons. The molecule has 0 bridgehead atoms. The molecule has 1 saturated carbocycles. The predicted octanol–water partition coefficient (Wildman–Crippen LogP) is 4.74. The molecule has 1 saturated heterocycles. The fraction of sp³-hybridized carbons (Fsp3) is 0.500. The average molecular weight is 373 g/mol. The Kier molecular flexibility index (Phi) is 6.20. The molecule has 2 aliphatic rings. The highest BCUT2D eigenvalue weighted by Crippen LogP contribution is 2.28. The lowest BCUT2D eigenvalue weighted by Gasteiger charge is -2.32. The Morgan fingerprint density at radius 1 is 1.00 bits per heavy atom. The van der Waals surface area contributed by atoms with E-state index in [1.54, 1.807) is 0 Å². The molecule has 4 rings (SSSR count). The average Bonchev–Trinajstić information content (AvgIpc) is 3.17. The SMILES string of the molecule is CN(C(=O)c1cccc2ccccc12)C1CCN(C2CCCCC2)C1.Cl. The number of fused-ring (bicyclic) bond motifs is 1. The van der Waals surface area contributed by atoms with Gasteiger partial charge < -0.3 is 4.90 Å². The summed E-state index contributed by atoms with van der Waals surface area (Å²) in [6.07, 6.45) is 7.92. The molecule has 1 heterocycles. The number of carbonyl (C=O) groups excluding carboxylic acids is 1. The minimum Gasteiger partial charge on any atom is -0.337 e. The number of rotatable bonds is 3. The van der Waals surface area contributed by atoms with Crippen LogP contribution in [0.3, 0.4) is 0 Å². The molecule has 1 unspecified atom stereocenters. The van der Waals surface area contributed by atoms with Crippen molar-refractivity contribution < 1.29 is 4.79 Å². The van der Waals surface area contributed by atoms with Crippen LogP contribution in [0.1, 0.15) is 48.9 Å². The van der Waals surface area contributed by atoms with Crippen LogP contribution < -0.4 is 0 Å². The van der Waals surface area contributed by atoms with Crippen LogP contribution in [0.2, 0.25) is 0 Å². The van der Waals surface area contributed by atoms with E-state index < -0.39 is 0 Å². The van der Waals surface area contributed by atoms with Crippen molar-refractivity contribution in [2.24, 2.45) is 0 Å². The maximum atomic E-state index is 13.1. The quantitative estimate of drug-likeness (QED) is 0.776. The fourth-order valence-electron chi connectivity index (χ4n) is 4.63. The molecule has 2 aromatic carbocycles. The third-order valence-corrected chi connectivity index (χ3v) is 6.17. The number of likely N-dealkylation sites (N-methyl/N-ethyl adjacent to an activating group) is 1. The Labute approximate surface area is 162 Å². The first-order valence-corrected chi connectivity index (χ1v) is 9.73. The Bertz CT molecular complexity index is 751. The van der Waals surface area contributed by atoms with Gasteiger partial charge in [0.25, 0.3) is 5.91 Å². The maximum Gasteiger partial charge on any atom is 0.254 e. The smallest absolute Gasteiger partial charge is 0.254 e. The summed E-state index contributed by atoms with van der Waals surface area (Å²) in [4.78, 5) is 17.8. The zero-order chi connectivity index (χ0) is 17.2. The second-order valence-electron chi connectivity index (χ2n) is 7.67. The van der Waals surface area contributed by atoms with E-state index in [9.17, 15) is 4.79 Å². The van der Waals surface area contributed by atoms with Gasteiger partial charge in [-0.05, 0) is 36.1 Å². The minimum absolute atomic E-state index is 0. The summed E-state index contributed by atoms with van der Waals surface area (Å²) < 4.78 is 0. The van der Waals surface area contributed by atoms with E-state index in [-0.39, 0.29) is 18.3 Å². The normalized spacial score (nSPS) is 21.5. The van der Waals surface area contributed by atoms with Gasteiger partial charge in [-0.2, -0.15) is 0 Å². The van der Waals surface area contributed by atoms with Gasteiger partial charge >= 0.3 is 0 Å². The first-order valence-electron chi connectivity index (χ1n) is 9.73. The van der Waals surface area contributed by atoms with Gasteiger partial charge in [-0.25, -0.2) is 0 Å². The zero-order valence-electron chi connectivity index (χ0n) is 15.6. The summed E-state index contributed by atoms with van der Waals surface area (Å²) in [7, 11) is 1.99. The van der Waals surface area contributed by atoms with Gasteiger partial charge in [-0.15, -0.1) is 12.4 Å². The zero-order valence-corrected chi connectivity index (χ0v) is 16.4. The third-order valence-electron chi connectivity index (χ3n) is 6.17. The lowest BCUT2D eigenvalue weighted by Crippen LogP contribution is -2.41. The lowest BCUT2D eigenvalue weighted by atomic mass is 9.94. The van der Waals surface area contributed by atoms with Crippen molar-refractivity contribution in [3.05, 3.63) is 48.0 Å². The molecule has 2 aromatic rings. The van der Waals surface area contributed by atoms with Crippen LogP contribution in [0.15, 0.2) is 42.5 Å². The van der Waals surface area contributed by atoms with Crippen LogP contribution >= 0.6 is 12.4 Å². The minimum atomic E-state index is 0. The van der Waals surface area contributed by atoms with Gasteiger partial charge in [-0.1, -0.05) is 55.7 Å². The van der Waals surface area contributed by atoms with Crippen LogP contribution in [-0.2, 0) is 0 Å². The highest BCUT2D eigenvalue weighted by molar-refractivity contribution is 6.07. The lowest BCUT2D eigenvalue weighted by molar-refractivity contribution is 0.0728. The standard InChI is InChI=1S/C22H28N2O.ClH/c1-23(19-14-15-24(16-19)18-10-3-2-4-11-18)22(25)21-13-7-9-17-8-5-6-12-20(17)21;/h5-9,12-13,18-19H,2-4,10-11,14-16H2,1H3;1H. The number of nitrogens with zero attached hydrogens (tertiary/aromatic N) is 2. The first kappa shape index (κ1) is 19.2. The van der Waals surface area contributed by atoms with Crippen molar-refractivity contribution in [2.45, 2.75) is 50.6 Å². The van der Waals surface area contributed by atoms with Crippen molar-refractivity contribution in [3.8, 4) is 0 Å². The molecule has 0 aromatic heterocycles. The summed E-state index contributed by atoms with van der Waals surface area (Å²) >= 11 is 0. The highest BCUT2D eigenvalue weighted by Gasteiger charge is 2.33. The Morgan fingerprint density at radius 2 is 1.73 bits per heavy atom. The number of amides is 1. The highest BCUT2D eigenvalue weighted by atomic mass is 35.5. The number of benzene rings is 2. The summed E-state index contributed by atoms with van der Waals surface area (Å²) in [5.41, 5.74) is 0.830. The number of likely N-dealkylation sites (tertiary alicyclic amines) is 1. The molecule has 4 heteroatoms. The topological polar surface area (TPSA) is 23.6 Å². The van der Waals surface area contributed by atoms with Crippen molar-refractivity contribution in [1.82, 2.24) is 9.80 Å². The maximum absolute atomic E-state index is 13.1. The summed E-state index contributed by atoms with van der Waals surface area (Å²) in [5.74, 6) is 0.160. The van der Waals surface area contributed by atoms with E-state index in [0.717, 1.165) is 41.9 Å². The van der Waals surface area contributed by atoms with Gasteiger partial charge in [0.2, 0.25) is 0 Å². The molecule has 0 spiro atoms. The van der Waals surface area contributed by atoms with Gasteiger partial charge in [-0.3, -0.25) is 9.69 Å². The van der Waals surface area contributed by atoms with Gasteiger partial charge in [0, 0.05) is 37.8 Å². The molecule has 1 aliphatic carbocycles. The second-order valence-corrected chi connectivity index (χ2v) is 7.67. The van der Waals surface area contributed by atoms with Crippen molar-refractivity contribution in [1.29, 1.82) is 0 Å². The summed E-state index contributed by atoms with van der Waals surface area (Å²) in [5, 5.41) is 2.20. The monoisotopic (exact) mass is 372 g/mol. The molecular weight excluding hydrogens is 344 g/mol. The van der Waals surface area contributed by atoms with E-state index in [2.05, 4.69) is 23.1 Å². The summed E-state index contributed by atoms with van der Waals surface area (Å²) in [6, 6.07) is 15.3. The third kappa shape index (κ3) is 3.74. The molecule has 3 nitrogen and oxygen atoms in total. The largest absolute Gasteiger partial charge is 0.337 e. The van der Waals surface area contributed by atoms with E-state index in [1.165, 1.54) is 32.1 Å². The van der Waals surface area contributed by atoms with Gasteiger partial charge in [0.15, 0.2) is 0 Å². The number of carbonyl (C=O) groups is 1. The van der Waals surface area contributed by atoms with Crippen LogP contribution in [0, 0.1) is 0 Å². The Balaban J connectivity index is 0.00000196. The van der Waals surface area contributed by atoms with Crippen molar-refractivity contribution in [2.75, 3.05) is 20.1 Å². The van der Waals surface area contributed by atoms with E-state index in [0.29, 0.717) is 6.04 Å². The molecular formula is C22H29ClN2O. The number of halogens is 1. The van der Waals surface area contributed by atoms with Gasteiger partial charge in [0.1, 0.15) is 0 Å². The molecule has 1 atom stereocenters. The molecule has 1 amide bonds. The predicted molar refractivity (Wildman–Crippen MR) is 110 cm³/mol. The van der Waals surface area contributed by atoms with E-state index in [1.807, 2.05) is 36.2 Å². The molecule has 0 radical (unpaired) electrons. The molecule has 0 N–H and O–H groups in total. The molecule has 1 aliphatic heterocycles. The van der Waals surface area contributed by atoms with E-state index in [4.69, 9.17) is 0 Å². The van der Waals surface area contributed by atoms with Crippen LogP contribution in [0.4, 0.5) is 0 Å². The number of hydrogen-bond acceptors (Lipinski definition) is 2. The Morgan fingerprint density at radius 3 is 2.54 bits per heavy atom. The van der Waals surface area contributed by atoms with Crippen molar-refractivity contribution in [3.63, 3.8) is 0 Å².